The molecule has 3 amide bonds. The second-order valence-corrected chi connectivity index (χ2v) is 9.51. The van der Waals surface area contributed by atoms with Crippen molar-refractivity contribution in [3.8, 4) is 0 Å². The maximum Gasteiger partial charge on any atom is 0.318 e. The van der Waals surface area contributed by atoms with Crippen molar-refractivity contribution in [2.24, 2.45) is 5.41 Å². The molecule has 0 aliphatic rings. The predicted molar refractivity (Wildman–Crippen MR) is 122 cm³/mol. The Kier molecular flexibility index (Phi) is 8.99. The van der Waals surface area contributed by atoms with Gasteiger partial charge in [0.1, 0.15) is 0 Å². The van der Waals surface area contributed by atoms with Crippen LogP contribution in [0.1, 0.15) is 66.9 Å². The van der Waals surface area contributed by atoms with E-state index in [-0.39, 0.29) is 29.4 Å². The Bertz CT molecular complexity index is 693. The predicted octanol–water partition coefficient (Wildman–Crippen LogP) is 4.85. The third-order valence-electron chi connectivity index (χ3n) is 4.67. The van der Waals surface area contributed by atoms with Gasteiger partial charge in [0, 0.05) is 50.5 Å². The van der Waals surface area contributed by atoms with Gasteiger partial charge in [0.15, 0.2) is 0 Å². The summed E-state index contributed by atoms with van der Waals surface area (Å²) < 4.78 is 0. The molecule has 0 saturated carbocycles. The number of hydrogen-bond acceptors (Lipinski definition) is 3. The third-order valence-corrected chi connectivity index (χ3v) is 4.67. The average Bonchev–Trinajstić information content (AvgIpc) is 2.56. The first-order valence-electron chi connectivity index (χ1n) is 10.5. The summed E-state index contributed by atoms with van der Waals surface area (Å²) in [5, 5.41) is 6.01. The summed E-state index contributed by atoms with van der Waals surface area (Å²) in [4.78, 5) is 29.1. The maximum absolute atomic E-state index is 12.8. The molecular weight excluding hydrogens is 364 g/mol. The lowest BCUT2D eigenvalue weighted by Crippen LogP contribution is -2.46. The summed E-state index contributed by atoms with van der Waals surface area (Å²) >= 11 is 0. The van der Waals surface area contributed by atoms with E-state index in [4.69, 9.17) is 0 Å². The van der Waals surface area contributed by atoms with Gasteiger partial charge >= 0.3 is 6.03 Å². The highest BCUT2D eigenvalue weighted by atomic mass is 16.2. The van der Waals surface area contributed by atoms with Gasteiger partial charge in [-0.1, -0.05) is 27.7 Å². The molecule has 0 heterocycles. The number of hydrogen-bond donors (Lipinski definition) is 2. The molecule has 1 aromatic rings. The number of urea groups is 1. The molecule has 1 rings (SSSR count). The molecule has 0 aromatic heterocycles. The molecule has 0 aliphatic carbocycles. The van der Waals surface area contributed by atoms with Crippen LogP contribution in [0.3, 0.4) is 0 Å². The summed E-state index contributed by atoms with van der Waals surface area (Å²) in [7, 11) is 3.97. The first-order chi connectivity index (χ1) is 13.3. The highest BCUT2D eigenvalue weighted by Gasteiger charge is 2.22. The molecule has 6 nitrogen and oxygen atoms in total. The number of rotatable bonds is 8. The minimum atomic E-state index is -0.0707. The van der Waals surface area contributed by atoms with Crippen molar-refractivity contribution in [3.05, 3.63) is 23.8 Å². The molecular formula is C23H40N4O2. The van der Waals surface area contributed by atoms with Gasteiger partial charge in [-0.05, 0) is 56.4 Å². The minimum Gasteiger partial charge on any atom is -0.377 e. The van der Waals surface area contributed by atoms with Crippen molar-refractivity contribution >= 4 is 23.3 Å². The van der Waals surface area contributed by atoms with Crippen molar-refractivity contribution in [2.75, 3.05) is 24.3 Å². The van der Waals surface area contributed by atoms with Crippen molar-refractivity contribution in [2.45, 2.75) is 79.9 Å². The average molecular weight is 405 g/mol. The zero-order valence-electron chi connectivity index (χ0n) is 19.7. The summed E-state index contributed by atoms with van der Waals surface area (Å²) in [6, 6.07) is 6.00. The topological polar surface area (TPSA) is 64.7 Å². The molecule has 0 radical (unpaired) electrons. The van der Waals surface area contributed by atoms with Gasteiger partial charge in [0.25, 0.3) is 0 Å². The second kappa shape index (κ2) is 10.5. The summed E-state index contributed by atoms with van der Waals surface area (Å²) in [5.74, 6) is -0.00242. The first-order valence-corrected chi connectivity index (χ1v) is 10.5. The lowest BCUT2D eigenvalue weighted by molar-refractivity contribution is -0.117. The van der Waals surface area contributed by atoms with E-state index in [1.54, 1.807) is 0 Å². The van der Waals surface area contributed by atoms with Crippen LogP contribution in [0.15, 0.2) is 18.2 Å². The summed E-state index contributed by atoms with van der Waals surface area (Å²) in [6.07, 6.45) is 1.32. The Balaban J connectivity index is 3.17. The molecule has 0 fully saturated rings. The van der Waals surface area contributed by atoms with Gasteiger partial charge in [-0.3, -0.25) is 4.79 Å². The van der Waals surface area contributed by atoms with Crippen LogP contribution in [-0.4, -0.2) is 43.0 Å². The number of carbonyl (C=O) groups is 2. The molecule has 2 N–H and O–H groups in total. The molecule has 0 saturated heterocycles. The molecule has 6 heteroatoms. The smallest absolute Gasteiger partial charge is 0.318 e. The molecule has 0 bridgehead atoms. The Morgan fingerprint density at radius 3 is 2.21 bits per heavy atom. The largest absolute Gasteiger partial charge is 0.377 e. The lowest BCUT2D eigenvalue weighted by Gasteiger charge is -2.31. The fourth-order valence-corrected chi connectivity index (χ4v) is 3.07. The Morgan fingerprint density at radius 1 is 1.10 bits per heavy atom. The third kappa shape index (κ3) is 8.34. The van der Waals surface area contributed by atoms with E-state index in [1.165, 1.54) is 0 Å². The van der Waals surface area contributed by atoms with E-state index in [1.807, 2.05) is 76.7 Å². The number of nitrogens with zero attached hydrogens (tertiary/aromatic N) is 2. The van der Waals surface area contributed by atoms with Crippen molar-refractivity contribution in [3.63, 3.8) is 0 Å². The zero-order chi connectivity index (χ0) is 22.4. The standard InChI is InChI=1S/C23H40N4O2/c1-10-17(4)27(22(29)24-16(2)3)15-18-13-19(11-12-20(18)26(8)9)25-21(28)14-23(5,6)7/h11-13,16-17H,10,14-15H2,1-9H3,(H,24,29)(H,25,28)/t17-/m0/s1. The quantitative estimate of drug-likeness (QED) is 0.651. The molecule has 1 aromatic carbocycles. The fourth-order valence-electron chi connectivity index (χ4n) is 3.07. The van der Waals surface area contributed by atoms with Crippen LogP contribution in [-0.2, 0) is 11.3 Å². The normalized spacial score (nSPS) is 12.5. The number of carbonyl (C=O) groups excluding carboxylic acids is 2. The second-order valence-electron chi connectivity index (χ2n) is 9.51. The maximum atomic E-state index is 12.8. The Hall–Kier alpha value is -2.24. The number of amides is 3. The van der Waals surface area contributed by atoms with E-state index in [9.17, 15) is 9.59 Å². The van der Waals surface area contributed by atoms with Gasteiger partial charge in [-0.15, -0.1) is 0 Å². The monoisotopic (exact) mass is 404 g/mol. The van der Waals surface area contributed by atoms with E-state index in [2.05, 4.69) is 24.5 Å². The van der Waals surface area contributed by atoms with Gasteiger partial charge in [-0.2, -0.15) is 0 Å². The number of anilines is 2. The highest BCUT2D eigenvalue weighted by Crippen LogP contribution is 2.27. The highest BCUT2D eigenvalue weighted by molar-refractivity contribution is 5.91. The number of benzene rings is 1. The minimum absolute atomic E-state index is 0.00242. The molecule has 0 aliphatic heterocycles. The fraction of sp³-hybridized carbons (Fsp3) is 0.652. The van der Waals surface area contributed by atoms with Gasteiger partial charge < -0.3 is 20.4 Å². The van der Waals surface area contributed by atoms with Crippen molar-refractivity contribution in [1.82, 2.24) is 10.2 Å². The first kappa shape index (κ1) is 24.8. The molecule has 0 unspecified atom stereocenters. The van der Waals surface area contributed by atoms with E-state index >= 15 is 0 Å². The van der Waals surface area contributed by atoms with Gasteiger partial charge in [0.05, 0.1) is 0 Å². The van der Waals surface area contributed by atoms with Crippen LogP contribution in [0, 0.1) is 5.41 Å². The van der Waals surface area contributed by atoms with Gasteiger partial charge in [-0.25, -0.2) is 4.79 Å². The molecule has 164 valence electrons. The summed E-state index contributed by atoms with van der Waals surface area (Å²) in [5.41, 5.74) is 2.72. The van der Waals surface area contributed by atoms with Crippen LogP contribution in [0.2, 0.25) is 0 Å². The molecule has 1 atom stereocenters. The molecule has 0 spiro atoms. The van der Waals surface area contributed by atoms with Crippen molar-refractivity contribution in [1.29, 1.82) is 0 Å². The Labute approximate surface area is 177 Å². The summed E-state index contributed by atoms with van der Waals surface area (Å²) in [6.45, 7) is 14.7. The van der Waals surface area contributed by atoms with Crippen LogP contribution in [0.4, 0.5) is 16.2 Å². The van der Waals surface area contributed by atoms with E-state index < -0.39 is 0 Å². The zero-order valence-corrected chi connectivity index (χ0v) is 19.7. The van der Waals surface area contributed by atoms with Gasteiger partial charge in [0.2, 0.25) is 5.91 Å². The van der Waals surface area contributed by atoms with Crippen LogP contribution in [0.5, 0.6) is 0 Å². The van der Waals surface area contributed by atoms with Crippen LogP contribution >= 0.6 is 0 Å². The van der Waals surface area contributed by atoms with E-state index in [0.717, 1.165) is 23.4 Å². The SMILES string of the molecule is CC[C@H](C)N(Cc1cc(NC(=O)CC(C)(C)C)ccc1N(C)C)C(=O)NC(C)C. The van der Waals surface area contributed by atoms with Crippen LogP contribution < -0.4 is 15.5 Å². The Morgan fingerprint density at radius 2 is 1.72 bits per heavy atom. The van der Waals surface area contributed by atoms with E-state index in [0.29, 0.717) is 13.0 Å². The van der Waals surface area contributed by atoms with Crippen molar-refractivity contribution < 1.29 is 9.59 Å². The number of nitrogens with one attached hydrogen (secondary N) is 2. The lowest BCUT2D eigenvalue weighted by atomic mass is 9.92. The van der Waals surface area contributed by atoms with Crippen LogP contribution in [0.25, 0.3) is 0 Å². The molecule has 29 heavy (non-hydrogen) atoms.